The van der Waals surface area contributed by atoms with Gasteiger partial charge < -0.3 is 10.6 Å². The number of carbonyl (C=O) groups excluding carboxylic acids is 1. The molecule has 0 bridgehead atoms. The Morgan fingerprint density at radius 1 is 1.29 bits per heavy atom. The highest BCUT2D eigenvalue weighted by atomic mass is 16.1. The summed E-state index contributed by atoms with van der Waals surface area (Å²) >= 11 is 0. The normalized spacial score (nSPS) is 18.7. The number of rotatable bonds is 3. The molecule has 1 unspecified atom stereocenters. The van der Waals surface area contributed by atoms with Gasteiger partial charge in [-0.2, -0.15) is 0 Å². The second kappa shape index (κ2) is 5.55. The second-order valence-corrected chi connectivity index (χ2v) is 5.47. The Morgan fingerprint density at radius 3 is 2.71 bits per heavy atom. The van der Waals surface area contributed by atoms with E-state index < -0.39 is 5.91 Å². The van der Waals surface area contributed by atoms with Crippen molar-refractivity contribution in [3.63, 3.8) is 0 Å². The van der Waals surface area contributed by atoms with Gasteiger partial charge in [0.1, 0.15) is 12.7 Å². The lowest BCUT2D eigenvalue weighted by atomic mass is 10.0. The van der Waals surface area contributed by atoms with Crippen molar-refractivity contribution in [1.82, 2.24) is 14.8 Å². The molecule has 0 radical (unpaired) electrons. The van der Waals surface area contributed by atoms with Gasteiger partial charge in [0.25, 0.3) is 5.91 Å². The standard InChI is InChI=1S/C15H19N5O/c1-11-4-2-3-7-20(11)14-6-5-12(8-13(14)15(16)21)19-9-17-18-10-19/h5-6,8-11H,2-4,7H2,1H3,(H2,16,21). The van der Waals surface area contributed by atoms with Crippen molar-refractivity contribution in [3.05, 3.63) is 36.4 Å². The van der Waals surface area contributed by atoms with Gasteiger partial charge in [-0.1, -0.05) is 0 Å². The number of nitrogens with two attached hydrogens (primary N) is 1. The first-order chi connectivity index (χ1) is 10.2. The molecule has 3 rings (SSSR count). The zero-order chi connectivity index (χ0) is 14.8. The summed E-state index contributed by atoms with van der Waals surface area (Å²) in [7, 11) is 0. The largest absolute Gasteiger partial charge is 0.368 e. The van der Waals surface area contributed by atoms with Crippen molar-refractivity contribution >= 4 is 11.6 Å². The van der Waals surface area contributed by atoms with Crippen molar-refractivity contribution in [2.45, 2.75) is 32.2 Å². The summed E-state index contributed by atoms with van der Waals surface area (Å²) in [6, 6.07) is 6.17. The third-order valence-electron chi connectivity index (χ3n) is 4.07. The SMILES string of the molecule is CC1CCCCN1c1ccc(-n2cnnc2)cc1C(N)=O. The average Bonchev–Trinajstić information content (AvgIpc) is 3.01. The molecule has 1 atom stereocenters. The van der Waals surface area contributed by atoms with Crippen LogP contribution in [0.15, 0.2) is 30.9 Å². The molecule has 21 heavy (non-hydrogen) atoms. The summed E-state index contributed by atoms with van der Waals surface area (Å²) in [6.45, 7) is 3.16. The minimum atomic E-state index is -0.405. The molecule has 0 saturated carbocycles. The minimum absolute atomic E-state index is 0.405. The van der Waals surface area contributed by atoms with E-state index >= 15 is 0 Å². The van der Waals surface area contributed by atoms with E-state index in [0.717, 1.165) is 30.8 Å². The zero-order valence-electron chi connectivity index (χ0n) is 12.1. The Hall–Kier alpha value is -2.37. The number of anilines is 1. The summed E-state index contributed by atoms with van der Waals surface area (Å²) in [5.74, 6) is -0.405. The summed E-state index contributed by atoms with van der Waals surface area (Å²) in [4.78, 5) is 14.1. The summed E-state index contributed by atoms with van der Waals surface area (Å²) < 4.78 is 1.76. The monoisotopic (exact) mass is 285 g/mol. The van der Waals surface area contributed by atoms with Crippen LogP contribution in [-0.4, -0.2) is 33.3 Å². The number of amides is 1. The van der Waals surface area contributed by atoms with E-state index in [1.165, 1.54) is 6.42 Å². The molecular weight excluding hydrogens is 266 g/mol. The molecule has 2 aromatic rings. The Balaban J connectivity index is 2.02. The molecule has 1 aromatic heterocycles. The molecular formula is C15H19N5O. The molecule has 1 aromatic carbocycles. The predicted octanol–water partition coefficient (Wildman–Crippen LogP) is 1.74. The van der Waals surface area contributed by atoms with Gasteiger partial charge >= 0.3 is 0 Å². The number of primary amides is 1. The third kappa shape index (κ3) is 2.61. The number of benzene rings is 1. The van der Waals surface area contributed by atoms with Crippen LogP contribution in [0.4, 0.5) is 5.69 Å². The third-order valence-corrected chi connectivity index (χ3v) is 4.07. The first-order valence-corrected chi connectivity index (χ1v) is 7.22. The summed E-state index contributed by atoms with van der Waals surface area (Å²) in [6.07, 6.45) is 6.73. The lowest BCUT2D eigenvalue weighted by Gasteiger charge is -2.36. The van der Waals surface area contributed by atoms with Gasteiger partial charge in [0.05, 0.1) is 5.56 Å². The quantitative estimate of drug-likeness (QED) is 0.932. The van der Waals surface area contributed by atoms with E-state index in [0.29, 0.717) is 11.6 Å². The van der Waals surface area contributed by atoms with Crippen LogP contribution < -0.4 is 10.6 Å². The van der Waals surface area contributed by atoms with Crippen LogP contribution in [0.25, 0.3) is 5.69 Å². The fourth-order valence-corrected chi connectivity index (χ4v) is 2.92. The number of aromatic nitrogens is 3. The van der Waals surface area contributed by atoms with E-state index in [1.807, 2.05) is 18.2 Å². The van der Waals surface area contributed by atoms with Crippen molar-refractivity contribution in [3.8, 4) is 5.69 Å². The lowest BCUT2D eigenvalue weighted by Crippen LogP contribution is -2.38. The molecule has 1 aliphatic rings. The van der Waals surface area contributed by atoms with Crippen LogP contribution in [0.1, 0.15) is 36.5 Å². The van der Waals surface area contributed by atoms with Crippen LogP contribution in [-0.2, 0) is 0 Å². The van der Waals surface area contributed by atoms with E-state index in [4.69, 9.17) is 5.73 Å². The number of hydrogen-bond donors (Lipinski definition) is 1. The Bertz CT molecular complexity index is 638. The van der Waals surface area contributed by atoms with Gasteiger partial charge in [-0.25, -0.2) is 0 Å². The maximum atomic E-state index is 11.8. The molecule has 2 N–H and O–H groups in total. The van der Waals surface area contributed by atoms with Gasteiger partial charge in [-0.3, -0.25) is 9.36 Å². The molecule has 6 nitrogen and oxygen atoms in total. The summed E-state index contributed by atoms with van der Waals surface area (Å²) in [5, 5.41) is 7.57. The number of carbonyl (C=O) groups is 1. The highest BCUT2D eigenvalue weighted by molar-refractivity contribution is 5.99. The van der Waals surface area contributed by atoms with E-state index in [2.05, 4.69) is 22.0 Å². The maximum Gasteiger partial charge on any atom is 0.250 e. The van der Waals surface area contributed by atoms with Gasteiger partial charge in [-0.05, 0) is 44.4 Å². The highest BCUT2D eigenvalue weighted by Crippen LogP contribution is 2.29. The van der Waals surface area contributed by atoms with E-state index in [9.17, 15) is 4.79 Å². The van der Waals surface area contributed by atoms with Crippen LogP contribution in [0.2, 0.25) is 0 Å². The van der Waals surface area contributed by atoms with Gasteiger partial charge in [0.2, 0.25) is 0 Å². The van der Waals surface area contributed by atoms with Gasteiger partial charge in [-0.15, -0.1) is 10.2 Å². The molecule has 0 spiro atoms. The van der Waals surface area contributed by atoms with Crippen LogP contribution in [0.5, 0.6) is 0 Å². The topological polar surface area (TPSA) is 77.0 Å². The molecule has 1 fully saturated rings. The fourth-order valence-electron chi connectivity index (χ4n) is 2.92. The molecule has 1 amide bonds. The Morgan fingerprint density at radius 2 is 2.05 bits per heavy atom. The van der Waals surface area contributed by atoms with Gasteiger partial charge in [0.15, 0.2) is 0 Å². The molecule has 1 aliphatic heterocycles. The van der Waals surface area contributed by atoms with Crippen LogP contribution in [0.3, 0.4) is 0 Å². The zero-order valence-corrected chi connectivity index (χ0v) is 12.1. The minimum Gasteiger partial charge on any atom is -0.368 e. The van der Waals surface area contributed by atoms with Gasteiger partial charge in [0, 0.05) is 24.0 Å². The molecule has 110 valence electrons. The number of hydrogen-bond acceptors (Lipinski definition) is 4. The van der Waals surface area contributed by atoms with E-state index in [1.54, 1.807) is 17.2 Å². The average molecular weight is 285 g/mol. The van der Waals surface area contributed by atoms with Crippen LogP contribution in [0, 0.1) is 0 Å². The lowest BCUT2D eigenvalue weighted by molar-refractivity contribution is 0.100. The Labute approximate surface area is 123 Å². The highest BCUT2D eigenvalue weighted by Gasteiger charge is 2.22. The van der Waals surface area contributed by atoms with E-state index in [-0.39, 0.29) is 0 Å². The smallest absolute Gasteiger partial charge is 0.250 e. The molecule has 0 aliphatic carbocycles. The Kier molecular flexibility index (Phi) is 3.60. The predicted molar refractivity (Wildman–Crippen MR) is 80.5 cm³/mol. The van der Waals surface area contributed by atoms with Crippen molar-refractivity contribution in [2.75, 3.05) is 11.4 Å². The van der Waals surface area contributed by atoms with Crippen molar-refractivity contribution in [1.29, 1.82) is 0 Å². The second-order valence-electron chi connectivity index (χ2n) is 5.47. The number of nitrogens with zero attached hydrogens (tertiary/aromatic N) is 4. The first kappa shape index (κ1) is 13.6. The van der Waals surface area contributed by atoms with Crippen molar-refractivity contribution in [2.24, 2.45) is 5.73 Å². The molecule has 2 heterocycles. The summed E-state index contributed by atoms with van der Waals surface area (Å²) in [5.41, 5.74) is 7.89. The van der Waals surface area contributed by atoms with Crippen molar-refractivity contribution < 1.29 is 4.79 Å². The fraction of sp³-hybridized carbons (Fsp3) is 0.400. The van der Waals surface area contributed by atoms with Crippen LogP contribution >= 0.6 is 0 Å². The maximum absolute atomic E-state index is 11.8. The first-order valence-electron chi connectivity index (χ1n) is 7.22. The molecule has 1 saturated heterocycles. The number of piperidine rings is 1. The molecule has 6 heteroatoms.